The van der Waals surface area contributed by atoms with Crippen LogP contribution in [0.4, 0.5) is 10.5 Å². The molecule has 1 N–H and O–H groups in total. The quantitative estimate of drug-likeness (QED) is 0.446. The Morgan fingerprint density at radius 3 is 2.40 bits per heavy atom. The van der Waals surface area contributed by atoms with Crippen molar-refractivity contribution in [3.63, 3.8) is 0 Å². The summed E-state index contributed by atoms with van der Waals surface area (Å²) in [4.78, 5) is 36.1. The van der Waals surface area contributed by atoms with Gasteiger partial charge in [0.15, 0.2) is 0 Å². The number of benzene rings is 2. The average Bonchev–Trinajstić information content (AvgIpc) is 2.77. The summed E-state index contributed by atoms with van der Waals surface area (Å²) >= 11 is 0. The lowest BCUT2D eigenvalue weighted by Gasteiger charge is -2.31. The second-order valence-electron chi connectivity index (χ2n) is 7.04. The van der Waals surface area contributed by atoms with Gasteiger partial charge in [-0.3, -0.25) is 14.9 Å². The number of carbonyl (C=O) groups excluding carboxylic acids is 2. The molecule has 2 aromatic rings. The van der Waals surface area contributed by atoms with Crippen LogP contribution >= 0.6 is 0 Å². The van der Waals surface area contributed by atoms with Crippen molar-refractivity contribution in [1.29, 1.82) is 0 Å². The van der Waals surface area contributed by atoms with Crippen LogP contribution in [0, 0.1) is 16.0 Å². The highest BCUT2D eigenvalue weighted by Gasteiger charge is 2.24. The molecule has 1 saturated heterocycles. The fourth-order valence-electron chi connectivity index (χ4n) is 3.16. The molecule has 1 aliphatic heterocycles. The number of rotatable bonds is 6. The van der Waals surface area contributed by atoms with E-state index in [-0.39, 0.29) is 17.7 Å². The van der Waals surface area contributed by atoms with Crippen LogP contribution < -0.4 is 10.1 Å². The molecule has 0 bridgehead atoms. The first-order valence-corrected chi connectivity index (χ1v) is 9.73. The highest BCUT2D eigenvalue weighted by Crippen LogP contribution is 2.18. The fourth-order valence-corrected chi connectivity index (χ4v) is 3.16. The van der Waals surface area contributed by atoms with Gasteiger partial charge in [-0.1, -0.05) is 18.2 Å². The lowest BCUT2D eigenvalue weighted by molar-refractivity contribution is -0.384. The average molecular weight is 409 g/mol. The van der Waals surface area contributed by atoms with Crippen LogP contribution in [0.2, 0.25) is 0 Å². The molecule has 2 amide bonds. The van der Waals surface area contributed by atoms with E-state index in [2.05, 4.69) is 5.32 Å². The summed E-state index contributed by atoms with van der Waals surface area (Å²) < 4.78 is 5.35. The topological polar surface area (TPSA) is 102 Å². The number of carbonyl (C=O) groups is 2. The van der Waals surface area contributed by atoms with Crippen molar-refractivity contribution >= 4 is 23.8 Å². The molecule has 0 spiro atoms. The molecule has 2 aromatic carbocycles. The maximum absolute atomic E-state index is 12.2. The smallest absolute Gasteiger partial charge is 0.410 e. The van der Waals surface area contributed by atoms with Crippen molar-refractivity contribution in [2.75, 3.05) is 19.6 Å². The number of nitro benzene ring substituents is 1. The molecule has 0 atom stereocenters. The first kappa shape index (κ1) is 21.0. The van der Waals surface area contributed by atoms with Crippen molar-refractivity contribution in [1.82, 2.24) is 10.2 Å². The normalized spacial score (nSPS) is 14.5. The number of nitro groups is 1. The molecule has 8 heteroatoms. The van der Waals surface area contributed by atoms with Crippen LogP contribution in [0.1, 0.15) is 18.4 Å². The van der Waals surface area contributed by atoms with Crippen molar-refractivity contribution in [2.45, 2.75) is 12.8 Å². The third-order valence-corrected chi connectivity index (χ3v) is 4.92. The molecule has 1 aliphatic rings. The maximum Gasteiger partial charge on any atom is 0.415 e. The summed E-state index contributed by atoms with van der Waals surface area (Å²) in [5.74, 6) is 0.596. The van der Waals surface area contributed by atoms with Gasteiger partial charge >= 0.3 is 6.09 Å². The molecular weight excluding hydrogens is 386 g/mol. The van der Waals surface area contributed by atoms with Gasteiger partial charge in [0.1, 0.15) is 5.75 Å². The Kier molecular flexibility index (Phi) is 7.15. The van der Waals surface area contributed by atoms with Gasteiger partial charge in [0.25, 0.3) is 5.69 Å². The number of nitrogens with one attached hydrogen (secondary N) is 1. The van der Waals surface area contributed by atoms with Gasteiger partial charge in [0, 0.05) is 37.8 Å². The van der Waals surface area contributed by atoms with E-state index >= 15 is 0 Å². The molecule has 30 heavy (non-hydrogen) atoms. The Hall–Kier alpha value is -3.68. The van der Waals surface area contributed by atoms with E-state index in [9.17, 15) is 19.7 Å². The lowest BCUT2D eigenvalue weighted by Crippen LogP contribution is -2.42. The zero-order chi connectivity index (χ0) is 21.3. The standard InChI is InChI=1S/C22H23N3O5/c26-21(11-8-17-6-9-19(10-7-17)25(28)29)23-16-18-12-14-24(15-13-18)22(27)30-20-4-2-1-3-5-20/h1-11,18H,12-16H2,(H,23,26)/b11-8+. The highest BCUT2D eigenvalue weighted by molar-refractivity contribution is 5.91. The molecule has 0 saturated carbocycles. The van der Waals surface area contributed by atoms with E-state index in [1.807, 2.05) is 18.2 Å². The van der Waals surface area contributed by atoms with Crippen molar-refractivity contribution < 1.29 is 19.2 Å². The van der Waals surface area contributed by atoms with E-state index in [0.29, 0.717) is 36.9 Å². The summed E-state index contributed by atoms with van der Waals surface area (Å²) in [6.07, 6.45) is 4.25. The predicted octanol–water partition coefficient (Wildman–Crippen LogP) is 3.64. The van der Waals surface area contributed by atoms with Crippen LogP contribution in [-0.4, -0.2) is 41.5 Å². The summed E-state index contributed by atoms with van der Waals surface area (Å²) in [6, 6.07) is 14.9. The molecule has 0 aliphatic carbocycles. The summed E-state index contributed by atoms with van der Waals surface area (Å²) in [5.41, 5.74) is 0.719. The summed E-state index contributed by atoms with van der Waals surface area (Å²) in [6.45, 7) is 1.71. The van der Waals surface area contributed by atoms with E-state index in [4.69, 9.17) is 4.74 Å². The van der Waals surface area contributed by atoms with E-state index < -0.39 is 4.92 Å². The number of non-ortho nitro benzene ring substituents is 1. The number of hydrogen-bond acceptors (Lipinski definition) is 5. The Morgan fingerprint density at radius 2 is 1.77 bits per heavy atom. The monoisotopic (exact) mass is 409 g/mol. The van der Waals surface area contributed by atoms with Crippen LogP contribution in [0.15, 0.2) is 60.7 Å². The first-order valence-electron chi connectivity index (χ1n) is 9.73. The van der Waals surface area contributed by atoms with E-state index in [1.165, 1.54) is 18.2 Å². The van der Waals surface area contributed by atoms with Gasteiger partial charge in [0.05, 0.1) is 4.92 Å². The lowest BCUT2D eigenvalue weighted by atomic mass is 9.97. The van der Waals surface area contributed by atoms with Crippen LogP contribution in [0.25, 0.3) is 6.08 Å². The molecule has 0 unspecified atom stereocenters. The Bertz CT molecular complexity index is 904. The minimum absolute atomic E-state index is 0.00981. The van der Waals surface area contributed by atoms with Crippen molar-refractivity contribution in [2.24, 2.45) is 5.92 Å². The number of para-hydroxylation sites is 1. The third kappa shape index (κ3) is 6.16. The van der Waals surface area contributed by atoms with Gasteiger partial charge in [-0.05, 0) is 54.7 Å². The first-order chi connectivity index (χ1) is 14.5. The van der Waals surface area contributed by atoms with Gasteiger partial charge in [-0.15, -0.1) is 0 Å². The minimum atomic E-state index is -0.465. The van der Waals surface area contributed by atoms with Gasteiger partial charge in [0.2, 0.25) is 5.91 Å². The predicted molar refractivity (Wildman–Crippen MR) is 112 cm³/mol. The maximum atomic E-state index is 12.2. The Morgan fingerprint density at radius 1 is 1.10 bits per heavy atom. The molecule has 0 aromatic heterocycles. The van der Waals surface area contributed by atoms with Crippen LogP contribution in [0.3, 0.4) is 0 Å². The number of hydrogen-bond donors (Lipinski definition) is 1. The number of ether oxygens (including phenoxy) is 1. The second kappa shape index (κ2) is 10.2. The van der Waals surface area contributed by atoms with Crippen molar-refractivity contribution in [3.8, 4) is 5.75 Å². The Labute approximate surface area is 174 Å². The van der Waals surface area contributed by atoms with E-state index in [0.717, 1.165) is 12.8 Å². The van der Waals surface area contributed by atoms with Crippen LogP contribution in [0.5, 0.6) is 5.75 Å². The largest absolute Gasteiger partial charge is 0.415 e. The van der Waals surface area contributed by atoms with Crippen LogP contribution in [-0.2, 0) is 4.79 Å². The SMILES string of the molecule is O=C(/C=C/c1ccc([N+](=O)[O-])cc1)NCC1CCN(C(=O)Oc2ccccc2)CC1. The van der Waals surface area contributed by atoms with Crippen molar-refractivity contribution in [3.05, 3.63) is 76.4 Å². The zero-order valence-electron chi connectivity index (χ0n) is 16.4. The summed E-state index contributed by atoms with van der Waals surface area (Å²) in [5, 5.41) is 13.5. The molecule has 0 radical (unpaired) electrons. The Balaban J connectivity index is 1.38. The molecule has 1 fully saturated rings. The van der Waals surface area contributed by atoms with Gasteiger partial charge in [-0.25, -0.2) is 4.79 Å². The minimum Gasteiger partial charge on any atom is -0.410 e. The highest BCUT2D eigenvalue weighted by atomic mass is 16.6. The van der Waals surface area contributed by atoms with E-state index in [1.54, 1.807) is 35.2 Å². The number of likely N-dealkylation sites (tertiary alicyclic amines) is 1. The number of piperidine rings is 1. The number of nitrogens with zero attached hydrogens (tertiary/aromatic N) is 2. The summed E-state index contributed by atoms with van der Waals surface area (Å²) in [7, 11) is 0. The number of amides is 2. The molecule has 8 nitrogen and oxygen atoms in total. The third-order valence-electron chi connectivity index (χ3n) is 4.92. The zero-order valence-corrected chi connectivity index (χ0v) is 16.4. The second-order valence-corrected chi connectivity index (χ2v) is 7.04. The molecular formula is C22H23N3O5. The van der Waals surface area contributed by atoms with Gasteiger partial charge in [-0.2, -0.15) is 0 Å². The van der Waals surface area contributed by atoms with Gasteiger partial charge < -0.3 is 15.0 Å². The molecule has 1 heterocycles. The molecule has 3 rings (SSSR count). The fraction of sp³-hybridized carbons (Fsp3) is 0.273. The molecule has 156 valence electrons.